The van der Waals surface area contributed by atoms with Gasteiger partial charge < -0.3 is 5.32 Å². The van der Waals surface area contributed by atoms with Crippen molar-refractivity contribution >= 4 is 22.6 Å². The Morgan fingerprint density at radius 2 is 2.22 bits per heavy atom. The van der Waals surface area contributed by atoms with Crippen molar-refractivity contribution in [2.75, 3.05) is 13.1 Å². The summed E-state index contributed by atoms with van der Waals surface area (Å²) in [5, 5.41) is 3.95. The zero-order valence-corrected chi connectivity index (χ0v) is 11.3. The first kappa shape index (κ1) is 11.8. The van der Waals surface area contributed by atoms with Crippen molar-refractivity contribution in [3.8, 4) is 0 Å². The number of benzene rings is 1. The van der Waals surface area contributed by atoms with Crippen LogP contribution in [0.25, 0.3) is 11.0 Å². The molecule has 1 atom stereocenters. The molecule has 1 aromatic heterocycles. The highest BCUT2D eigenvalue weighted by Gasteiger charge is 2.23. The number of imidazole rings is 1. The first-order chi connectivity index (χ1) is 8.59. The van der Waals surface area contributed by atoms with Crippen molar-refractivity contribution < 1.29 is 0 Å². The van der Waals surface area contributed by atoms with Gasteiger partial charge in [0.1, 0.15) is 0 Å². The maximum absolute atomic E-state index is 12.4. The molecule has 96 valence electrons. The minimum Gasteiger partial charge on any atom is -0.315 e. The van der Waals surface area contributed by atoms with Crippen LogP contribution >= 0.6 is 11.6 Å². The molecule has 3 rings (SSSR count). The SMILES string of the molecule is Cc1cc(Cl)c2c(c1)n(C1CCNC1)c(=O)n2C. The highest BCUT2D eigenvalue weighted by Crippen LogP contribution is 2.27. The number of nitrogens with zero attached hydrogens (tertiary/aromatic N) is 2. The zero-order valence-electron chi connectivity index (χ0n) is 10.5. The second-order valence-electron chi connectivity index (χ2n) is 4.97. The summed E-state index contributed by atoms with van der Waals surface area (Å²) in [5.74, 6) is 0. The number of hydrogen-bond donors (Lipinski definition) is 1. The average Bonchev–Trinajstić information content (AvgIpc) is 2.88. The van der Waals surface area contributed by atoms with Crippen molar-refractivity contribution in [2.45, 2.75) is 19.4 Å². The molecule has 5 heteroatoms. The summed E-state index contributed by atoms with van der Waals surface area (Å²) in [4.78, 5) is 12.4. The Morgan fingerprint density at radius 3 is 2.89 bits per heavy atom. The molecule has 0 spiro atoms. The van der Waals surface area contributed by atoms with Gasteiger partial charge in [-0.05, 0) is 37.6 Å². The molecule has 1 aliphatic heterocycles. The molecule has 1 fully saturated rings. The van der Waals surface area contributed by atoms with E-state index in [1.54, 1.807) is 11.6 Å². The number of rotatable bonds is 1. The van der Waals surface area contributed by atoms with E-state index in [0.717, 1.165) is 36.1 Å². The fourth-order valence-electron chi connectivity index (χ4n) is 2.80. The van der Waals surface area contributed by atoms with Gasteiger partial charge in [-0.1, -0.05) is 11.6 Å². The van der Waals surface area contributed by atoms with Crippen LogP contribution in [0.2, 0.25) is 5.02 Å². The molecule has 1 saturated heterocycles. The first-order valence-corrected chi connectivity index (χ1v) is 6.55. The summed E-state index contributed by atoms with van der Waals surface area (Å²) < 4.78 is 3.53. The Morgan fingerprint density at radius 1 is 1.44 bits per heavy atom. The van der Waals surface area contributed by atoms with Gasteiger partial charge in [0, 0.05) is 13.6 Å². The van der Waals surface area contributed by atoms with Crippen LogP contribution in [0.15, 0.2) is 16.9 Å². The van der Waals surface area contributed by atoms with E-state index >= 15 is 0 Å². The largest absolute Gasteiger partial charge is 0.329 e. The lowest BCUT2D eigenvalue weighted by atomic mass is 10.2. The second kappa shape index (κ2) is 4.14. The van der Waals surface area contributed by atoms with Crippen LogP contribution in [0, 0.1) is 6.92 Å². The number of aryl methyl sites for hydroxylation is 2. The Labute approximate surface area is 110 Å². The van der Waals surface area contributed by atoms with Gasteiger partial charge in [-0.15, -0.1) is 0 Å². The van der Waals surface area contributed by atoms with Gasteiger partial charge in [-0.3, -0.25) is 9.13 Å². The van der Waals surface area contributed by atoms with E-state index in [0.29, 0.717) is 5.02 Å². The predicted octanol–water partition coefficient (Wildman–Crippen LogP) is 1.84. The average molecular weight is 266 g/mol. The molecular formula is C13H16ClN3O. The Bertz CT molecular complexity index is 665. The van der Waals surface area contributed by atoms with Gasteiger partial charge in [0.25, 0.3) is 0 Å². The normalized spacial score (nSPS) is 19.8. The van der Waals surface area contributed by atoms with Gasteiger partial charge in [-0.2, -0.15) is 0 Å². The summed E-state index contributed by atoms with van der Waals surface area (Å²) in [7, 11) is 1.78. The third-order valence-electron chi connectivity index (χ3n) is 3.68. The smallest absolute Gasteiger partial charge is 0.315 e. The van der Waals surface area contributed by atoms with Crippen molar-refractivity contribution in [1.29, 1.82) is 0 Å². The van der Waals surface area contributed by atoms with E-state index in [4.69, 9.17) is 11.6 Å². The maximum atomic E-state index is 12.4. The molecule has 0 saturated carbocycles. The number of fused-ring (bicyclic) bond motifs is 1. The molecule has 18 heavy (non-hydrogen) atoms. The van der Waals surface area contributed by atoms with Crippen molar-refractivity contribution in [3.63, 3.8) is 0 Å². The molecule has 2 aromatic rings. The summed E-state index contributed by atoms with van der Waals surface area (Å²) in [6.07, 6.45) is 0.991. The molecular weight excluding hydrogens is 250 g/mol. The third kappa shape index (κ3) is 1.60. The van der Waals surface area contributed by atoms with Crippen LogP contribution in [0.3, 0.4) is 0 Å². The van der Waals surface area contributed by atoms with Gasteiger partial charge in [0.05, 0.1) is 22.1 Å². The lowest BCUT2D eigenvalue weighted by Crippen LogP contribution is -2.27. The van der Waals surface area contributed by atoms with E-state index in [1.807, 2.05) is 23.6 Å². The van der Waals surface area contributed by atoms with E-state index in [1.165, 1.54) is 0 Å². The van der Waals surface area contributed by atoms with E-state index in [-0.39, 0.29) is 11.7 Å². The van der Waals surface area contributed by atoms with Crippen LogP contribution < -0.4 is 11.0 Å². The Hall–Kier alpha value is -1.26. The van der Waals surface area contributed by atoms with Crippen LogP contribution in [0.4, 0.5) is 0 Å². The molecule has 0 bridgehead atoms. The molecule has 0 radical (unpaired) electrons. The zero-order chi connectivity index (χ0) is 12.9. The molecule has 1 unspecified atom stereocenters. The number of aromatic nitrogens is 2. The lowest BCUT2D eigenvalue weighted by molar-refractivity contribution is 0.535. The fraction of sp³-hybridized carbons (Fsp3) is 0.462. The quantitative estimate of drug-likeness (QED) is 0.855. The molecule has 1 N–H and O–H groups in total. The second-order valence-corrected chi connectivity index (χ2v) is 5.38. The summed E-state index contributed by atoms with van der Waals surface area (Å²) in [6, 6.07) is 4.18. The van der Waals surface area contributed by atoms with E-state index in [9.17, 15) is 4.79 Å². The topological polar surface area (TPSA) is 39.0 Å². The maximum Gasteiger partial charge on any atom is 0.329 e. The van der Waals surface area contributed by atoms with Crippen LogP contribution in [0.1, 0.15) is 18.0 Å². The summed E-state index contributed by atoms with van der Waals surface area (Å²) in [6.45, 7) is 3.82. The summed E-state index contributed by atoms with van der Waals surface area (Å²) >= 11 is 6.27. The molecule has 4 nitrogen and oxygen atoms in total. The number of hydrogen-bond acceptors (Lipinski definition) is 2. The third-order valence-corrected chi connectivity index (χ3v) is 3.96. The van der Waals surface area contributed by atoms with Crippen molar-refractivity contribution in [2.24, 2.45) is 7.05 Å². The highest BCUT2D eigenvalue weighted by atomic mass is 35.5. The van der Waals surface area contributed by atoms with Crippen LogP contribution in [-0.4, -0.2) is 22.2 Å². The molecule has 0 aliphatic carbocycles. The predicted molar refractivity (Wildman–Crippen MR) is 73.4 cm³/mol. The Kier molecular flexibility index (Phi) is 2.72. The Balaban J connectivity index is 2.37. The van der Waals surface area contributed by atoms with Gasteiger partial charge >= 0.3 is 5.69 Å². The van der Waals surface area contributed by atoms with Gasteiger partial charge in [-0.25, -0.2) is 4.79 Å². The highest BCUT2D eigenvalue weighted by molar-refractivity contribution is 6.35. The van der Waals surface area contributed by atoms with E-state index in [2.05, 4.69) is 5.32 Å². The van der Waals surface area contributed by atoms with E-state index < -0.39 is 0 Å². The fourth-order valence-corrected chi connectivity index (χ4v) is 3.20. The molecule has 1 aromatic carbocycles. The number of halogens is 1. The molecule has 0 amide bonds. The molecule has 1 aliphatic rings. The first-order valence-electron chi connectivity index (χ1n) is 6.17. The lowest BCUT2D eigenvalue weighted by Gasteiger charge is -2.10. The standard InChI is InChI=1S/C13H16ClN3O/c1-8-5-10(14)12-11(6-8)17(13(18)16(12)2)9-3-4-15-7-9/h5-6,9,15H,3-4,7H2,1-2H3. The van der Waals surface area contributed by atoms with Gasteiger partial charge in [0.15, 0.2) is 0 Å². The van der Waals surface area contributed by atoms with Crippen LogP contribution in [0.5, 0.6) is 0 Å². The minimum atomic E-state index is 0.0196. The number of nitrogens with one attached hydrogen (secondary N) is 1. The van der Waals surface area contributed by atoms with Gasteiger partial charge in [0.2, 0.25) is 0 Å². The van der Waals surface area contributed by atoms with Crippen LogP contribution in [-0.2, 0) is 7.05 Å². The summed E-state index contributed by atoms with van der Waals surface area (Å²) in [5.41, 5.74) is 2.88. The molecule has 2 heterocycles. The monoisotopic (exact) mass is 265 g/mol. The van der Waals surface area contributed by atoms with Crippen molar-refractivity contribution in [3.05, 3.63) is 33.2 Å². The van der Waals surface area contributed by atoms with Crippen molar-refractivity contribution in [1.82, 2.24) is 14.5 Å². The minimum absolute atomic E-state index is 0.0196.